The first-order chi connectivity index (χ1) is 15.0. The van der Waals surface area contributed by atoms with Gasteiger partial charge in [0.1, 0.15) is 17.3 Å². The van der Waals surface area contributed by atoms with Crippen LogP contribution >= 0.6 is 0 Å². The first kappa shape index (κ1) is 20.2. The van der Waals surface area contributed by atoms with Gasteiger partial charge < -0.3 is 15.0 Å². The molecule has 0 fully saturated rings. The van der Waals surface area contributed by atoms with Crippen molar-refractivity contribution < 1.29 is 18.4 Å². The van der Waals surface area contributed by atoms with Crippen molar-refractivity contribution in [3.05, 3.63) is 102 Å². The Morgan fingerprint density at radius 3 is 2.55 bits per heavy atom. The van der Waals surface area contributed by atoms with Gasteiger partial charge in [-0.1, -0.05) is 6.07 Å². The van der Waals surface area contributed by atoms with E-state index in [0.717, 1.165) is 23.3 Å². The topological polar surface area (TPSA) is 75.5 Å². The van der Waals surface area contributed by atoms with Crippen LogP contribution in [0.2, 0.25) is 0 Å². The Balaban J connectivity index is 1.32. The summed E-state index contributed by atoms with van der Waals surface area (Å²) in [5.74, 6) is -2.17. The van der Waals surface area contributed by atoms with Crippen LogP contribution in [0.15, 0.2) is 73.2 Å². The SMILES string of the molecule is O=C(Cc1ccc(F)cc1F)Nc1ccc(C(=O)NCc2ccn3ccnc3c2)cc1. The number of aromatic nitrogens is 2. The number of carbonyl (C=O) groups excluding carboxylic acids is 2. The van der Waals surface area contributed by atoms with Crippen LogP contribution < -0.4 is 10.6 Å². The number of pyridine rings is 1. The lowest BCUT2D eigenvalue weighted by Gasteiger charge is -2.08. The molecule has 2 amide bonds. The van der Waals surface area contributed by atoms with Gasteiger partial charge in [0.15, 0.2) is 0 Å². The zero-order chi connectivity index (χ0) is 21.8. The summed E-state index contributed by atoms with van der Waals surface area (Å²) in [5.41, 5.74) is 2.72. The van der Waals surface area contributed by atoms with Crippen molar-refractivity contribution in [1.82, 2.24) is 14.7 Å². The minimum Gasteiger partial charge on any atom is -0.348 e. The van der Waals surface area contributed by atoms with Gasteiger partial charge >= 0.3 is 0 Å². The molecule has 4 rings (SSSR count). The van der Waals surface area contributed by atoms with Gasteiger partial charge in [0.25, 0.3) is 5.91 Å². The Kier molecular flexibility index (Phi) is 5.70. The van der Waals surface area contributed by atoms with Crippen molar-refractivity contribution in [3.63, 3.8) is 0 Å². The quantitative estimate of drug-likeness (QED) is 0.499. The molecule has 8 heteroatoms. The van der Waals surface area contributed by atoms with Crippen LogP contribution in [0.1, 0.15) is 21.5 Å². The van der Waals surface area contributed by atoms with Gasteiger partial charge in [-0.15, -0.1) is 0 Å². The first-order valence-corrected chi connectivity index (χ1v) is 9.51. The Morgan fingerprint density at radius 1 is 0.968 bits per heavy atom. The molecule has 0 saturated heterocycles. The van der Waals surface area contributed by atoms with Crippen molar-refractivity contribution >= 4 is 23.1 Å². The van der Waals surface area contributed by atoms with Crippen LogP contribution in [0.3, 0.4) is 0 Å². The second-order valence-corrected chi connectivity index (χ2v) is 6.95. The molecule has 0 spiro atoms. The summed E-state index contributed by atoms with van der Waals surface area (Å²) in [7, 11) is 0. The van der Waals surface area contributed by atoms with E-state index in [9.17, 15) is 18.4 Å². The molecule has 156 valence electrons. The lowest BCUT2D eigenvalue weighted by Crippen LogP contribution is -2.23. The van der Waals surface area contributed by atoms with E-state index in [4.69, 9.17) is 0 Å². The molecule has 0 bridgehead atoms. The lowest BCUT2D eigenvalue weighted by atomic mass is 10.1. The number of hydrogen-bond acceptors (Lipinski definition) is 3. The third kappa shape index (κ3) is 4.92. The van der Waals surface area contributed by atoms with Crippen molar-refractivity contribution in [2.45, 2.75) is 13.0 Å². The number of halogens is 2. The van der Waals surface area contributed by atoms with E-state index < -0.39 is 17.5 Å². The maximum atomic E-state index is 13.7. The summed E-state index contributed by atoms with van der Waals surface area (Å²) in [6.45, 7) is 0.351. The molecule has 0 aliphatic carbocycles. The van der Waals surface area contributed by atoms with Gasteiger partial charge in [-0.2, -0.15) is 0 Å². The van der Waals surface area contributed by atoms with Crippen molar-refractivity contribution in [2.75, 3.05) is 5.32 Å². The van der Waals surface area contributed by atoms with Crippen LogP contribution in [-0.2, 0) is 17.8 Å². The molecule has 2 N–H and O–H groups in total. The molecule has 0 aliphatic rings. The minimum absolute atomic E-state index is 0.100. The number of nitrogens with zero attached hydrogens (tertiary/aromatic N) is 2. The average Bonchev–Trinajstić information content (AvgIpc) is 3.22. The summed E-state index contributed by atoms with van der Waals surface area (Å²) in [6, 6.07) is 13.2. The molecule has 2 aromatic carbocycles. The van der Waals surface area contributed by atoms with Crippen LogP contribution in [0.5, 0.6) is 0 Å². The molecule has 0 radical (unpaired) electrons. The fraction of sp³-hybridized carbons (Fsp3) is 0.0870. The Morgan fingerprint density at radius 2 is 1.77 bits per heavy atom. The molecule has 0 atom stereocenters. The zero-order valence-electron chi connectivity index (χ0n) is 16.3. The van der Waals surface area contributed by atoms with E-state index in [1.165, 1.54) is 6.07 Å². The molecule has 0 saturated carbocycles. The Hall–Kier alpha value is -4.07. The summed E-state index contributed by atoms with van der Waals surface area (Å²) in [6.07, 6.45) is 5.19. The number of anilines is 1. The predicted molar refractivity (Wildman–Crippen MR) is 111 cm³/mol. The Labute approximate surface area is 176 Å². The number of nitrogens with one attached hydrogen (secondary N) is 2. The van der Waals surface area contributed by atoms with Crippen molar-refractivity contribution in [1.29, 1.82) is 0 Å². The minimum atomic E-state index is -0.769. The summed E-state index contributed by atoms with van der Waals surface area (Å²) in [4.78, 5) is 28.7. The van der Waals surface area contributed by atoms with Gasteiger partial charge in [0.05, 0.1) is 6.42 Å². The van der Waals surface area contributed by atoms with Gasteiger partial charge in [0.2, 0.25) is 5.91 Å². The maximum absolute atomic E-state index is 13.7. The number of benzene rings is 2. The van der Waals surface area contributed by atoms with Crippen molar-refractivity contribution in [3.8, 4) is 0 Å². The van der Waals surface area contributed by atoms with Crippen LogP contribution in [0.4, 0.5) is 14.5 Å². The van der Waals surface area contributed by atoms with E-state index >= 15 is 0 Å². The molecule has 0 unspecified atom stereocenters. The molecule has 31 heavy (non-hydrogen) atoms. The highest BCUT2D eigenvalue weighted by Gasteiger charge is 2.11. The van der Waals surface area contributed by atoms with Crippen LogP contribution in [-0.4, -0.2) is 21.2 Å². The highest BCUT2D eigenvalue weighted by Crippen LogP contribution is 2.14. The first-order valence-electron chi connectivity index (χ1n) is 9.51. The standard InChI is InChI=1S/C23H18F2N4O2/c24-18-4-1-17(20(25)13-18)12-22(30)28-19-5-2-16(3-6-19)23(31)27-14-15-7-9-29-10-8-26-21(29)11-15/h1-11,13H,12,14H2,(H,27,31)(H,28,30). The molecule has 6 nitrogen and oxygen atoms in total. The number of fused-ring (bicyclic) bond motifs is 1. The largest absolute Gasteiger partial charge is 0.348 e. The number of carbonyl (C=O) groups is 2. The normalized spacial score (nSPS) is 10.8. The summed E-state index contributed by atoms with van der Waals surface area (Å²) in [5, 5.41) is 5.47. The van der Waals surface area contributed by atoms with E-state index in [-0.39, 0.29) is 17.9 Å². The van der Waals surface area contributed by atoms with Gasteiger partial charge in [-0.25, -0.2) is 13.8 Å². The molecule has 4 aromatic rings. The maximum Gasteiger partial charge on any atom is 0.251 e. The fourth-order valence-corrected chi connectivity index (χ4v) is 3.09. The number of hydrogen-bond donors (Lipinski definition) is 2. The zero-order valence-corrected chi connectivity index (χ0v) is 16.3. The number of imidazole rings is 1. The fourth-order valence-electron chi connectivity index (χ4n) is 3.09. The molecule has 0 aliphatic heterocycles. The second kappa shape index (κ2) is 8.74. The molecule has 2 heterocycles. The predicted octanol–water partition coefficient (Wildman–Crippen LogP) is 3.72. The number of rotatable bonds is 6. The third-order valence-corrected chi connectivity index (χ3v) is 4.71. The van der Waals surface area contributed by atoms with Crippen LogP contribution in [0, 0.1) is 11.6 Å². The Bertz CT molecular complexity index is 1250. The number of amides is 2. The summed E-state index contributed by atoms with van der Waals surface area (Å²) < 4.78 is 28.5. The smallest absolute Gasteiger partial charge is 0.251 e. The lowest BCUT2D eigenvalue weighted by molar-refractivity contribution is -0.115. The van der Waals surface area contributed by atoms with Gasteiger partial charge in [-0.3, -0.25) is 9.59 Å². The van der Waals surface area contributed by atoms with Crippen molar-refractivity contribution in [2.24, 2.45) is 0 Å². The molecular weight excluding hydrogens is 402 g/mol. The van der Waals surface area contributed by atoms with E-state index in [1.54, 1.807) is 30.5 Å². The summed E-state index contributed by atoms with van der Waals surface area (Å²) >= 11 is 0. The van der Waals surface area contributed by atoms with E-state index in [1.807, 2.05) is 28.9 Å². The average molecular weight is 420 g/mol. The van der Waals surface area contributed by atoms with Gasteiger partial charge in [-0.05, 0) is 53.6 Å². The van der Waals surface area contributed by atoms with Crippen LogP contribution in [0.25, 0.3) is 5.65 Å². The highest BCUT2D eigenvalue weighted by molar-refractivity contribution is 5.96. The highest BCUT2D eigenvalue weighted by atomic mass is 19.1. The van der Waals surface area contributed by atoms with Gasteiger partial charge in [0, 0.05) is 42.5 Å². The molecule has 2 aromatic heterocycles. The van der Waals surface area contributed by atoms with E-state index in [2.05, 4.69) is 15.6 Å². The second-order valence-electron chi connectivity index (χ2n) is 6.95. The third-order valence-electron chi connectivity index (χ3n) is 4.71. The monoisotopic (exact) mass is 420 g/mol. The molecular formula is C23H18F2N4O2. The van der Waals surface area contributed by atoms with E-state index in [0.29, 0.717) is 17.8 Å².